The summed E-state index contributed by atoms with van der Waals surface area (Å²) < 4.78 is 16.0. The van der Waals surface area contributed by atoms with Crippen molar-refractivity contribution in [2.75, 3.05) is 4.90 Å². The molecule has 0 saturated heterocycles. The van der Waals surface area contributed by atoms with Crippen LogP contribution >= 0.6 is 11.3 Å². The lowest BCUT2D eigenvalue weighted by Gasteiger charge is -2.35. The minimum absolute atomic E-state index is 0.0292. The predicted octanol–water partition coefficient (Wildman–Crippen LogP) is 10.2. The molecule has 0 radical (unpaired) electrons. The smallest absolute Gasteiger partial charge is 0.260 e. The number of hydrogen-bond acceptors (Lipinski definition) is 4. The quantitative estimate of drug-likeness (QED) is 0.180. The van der Waals surface area contributed by atoms with Crippen molar-refractivity contribution in [1.82, 2.24) is 0 Å². The number of rotatable bonds is 4. The van der Waals surface area contributed by atoms with Gasteiger partial charge in [-0.15, -0.1) is 11.3 Å². The highest BCUT2D eigenvalue weighted by molar-refractivity contribution is 7.26. The maximum atomic E-state index is 6.74. The molecular formula is C43H28BNO2S. The van der Waals surface area contributed by atoms with Crippen molar-refractivity contribution in [3.63, 3.8) is 0 Å². The molecule has 3 nitrogen and oxygen atoms in total. The van der Waals surface area contributed by atoms with Gasteiger partial charge in [0.15, 0.2) is 0 Å². The van der Waals surface area contributed by atoms with E-state index in [1.807, 2.05) is 23.5 Å². The van der Waals surface area contributed by atoms with Crippen LogP contribution in [0.1, 0.15) is 5.56 Å². The minimum Gasteiger partial charge on any atom is -0.458 e. The molecule has 226 valence electrons. The summed E-state index contributed by atoms with van der Waals surface area (Å²) in [7, 11) is 0. The molecule has 2 aliphatic rings. The fourth-order valence-corrected chi connectivity index (χ4v) is 8.75. The van der Waals surface area contributed by atoms with Crippen molar-refractivity contribution in [3.05, 3.63) is 157 Å². The van der Waals surface area contributed by atoms with Gasteiger partial charge in [-0.3, -0.25) is 0 Å². The standard InChI is InChI=1S/C43H28BNO2S/c1-27-19-21-29(22-20-27)45(35-24-23-32-31-13-5-10-18-40(31)48-43(32)41(35)28-11-3-2-4-12-28)30-25-38-42-39(26-30)47-37-17-9-7-15-34(37)44(42)33-14-6-8-16-36(33)46-38/h2-26H,1H3. The summed E-state index contributed by atoms with van der Waals surface area (Å²) in [5, 5.41) is 2.55. The topological polar surface area (TPSA) is 21.7 Å². The molecule has 0 bridgehead atoms. The van der Waals surface area contributed by atoms with Crippen molar-refractivity contribution in [1.29, 1.82) is 0 Å². The lowest BCUT2D eigenvalue weighted by Crippen LogP contribution is -2.57. The van der Waals surface area contributed by atoms with E-state index < -0.39 is 0 Å². The number of aryl methyl sites for hydroxylation is 1. The third-order valence-corrected chi connectivity index (χ3v) is 10.9. The molecule has 0 aliphatic carbocycles. The Labute approximate surface area is 283 Å². The molecule has 0 spiro atoms. The molecule has 8 aromatic rings. The molecule has 0 fully saturated rings. The average molecular weight is 634 g/mol. The van der Waals surface area contributed by atoms with Gasteiger partial charge in [-0.1, -0.05) is 109 Å². The van der Waals surface area contributed by atoms with Crippen LogP contribution in [-0.4, -0.2) is 6.71 Å². The predicted molar refractivity (Wildman–Crippen MR) is 202 cm³/mol. The Balaban J connectivity index is 1.26. The van der Waals surface area contributed by atoms with Gasteiger partial charge >= 0.3 is 0 Å². The van der Waals surface area contributed by atoms with Gasteiger partial charge in [0.25, 0.3) is 6.71 Å². The van der Waals surface area contributed by atoms with Gasteiger partial charge in [-0.2, -0.15) is 0 Å². The minimum atomic E-state index is 0.0292. The summed E-state index contributed by atoms with van der Waals surface area (Å²) in [6.45, 7) is 2.16. The fourth-order valence-electron chi connectivity index (χ4n) is 7.48. The highest BCUT2D eigenvalue weighted by atomic mass is 32.1. The number of hydrogen-bond donors (Lipinski definition) is 0. The summed E-state index contributed by atoms with van der Waals surface area (Å²) in [5.41, 5.74) is 10.1. The molecular weight excluding hydrogens is 605 g/mol. The van der Waals surface area contributed by atoms with Crippen molar-refractivity contribution in [2.45, 2.75) is 6.92 Å². The molecule has 0 saturated carbocycles. The van der Waals surface area contributed by atoms with E-state index in [9.17, 15) is 0 Å². The van der Waals surface area contributed by atoms with E-state index in [4.69, 9.17) is 9.47 Å². The molecule has 0 unspecified atom stereocenters. The van der Waals surface area contributed by atoms with Crippen LogP contribution < -0.4 is 30.8 Å². The van der Waals surface area contributed by atoms with Crippen LogP contribution in [0, 0.1) is 6.92 Å². The van der Waals surface area contributed by atoms with Gasteiger partial charge in [0, 0.05) is 49.0 Å². The molecule has 48 heavy (non-hydrogen) atoms. The van der Waals surface area contributed by atoms with Gasteiger partial charge in [-0.25, -0.2) is 0 Å². The molecule has 7 aromatic carbocycles. The van der Waals surface area contributed by atoms with Crippen LogP contribution in [0.3, 0.4) is 0 Å². The molecule has 1 aromatic heterocycles. The lowest BCUT2D eigenvalue weighted by atomic mass is 9.35. The second-order valence-corrected chi connectivity index (χ2v) is 13.6. The van der Waals surface area contributed by atoms with E-state index in [0.29, 0.717) is 0 Å². The average Bonchev–Trinajstić information content (AvgIpc) is 3.51. The van der Waals surface area contributed by atoms with Crippen LogP contribution in [-0.2, 0) is 0 Å². The van der Waals surface area contributed by atoms with Crippen LogP contribution in [0.2, 0.25) is 0 Å². The van der Waals surface area contributed by atoms with Gasteiger partial charge in [0.1, 0.15) is 23.0 Å². The zero-order valence-electron chi connectivity index (χ0n) is 26.2. The molecule has 0 atom stereocenters. The zero-order valence-corrected chi connectivity index (χ0v) is 27.0. The summed E-state index contributed by atoms with van der Waals surface area (Å²) in [6.07, 6.45) is 0. The van der Waals surface area contributed by atoms with Crippen molar-refractivity contribution in [3.8, 4) is 34.1 Å². The third-order valence-electron chi connectivity index (χ3n) is 9.66. The zero-order chi connectivity index (χ0) is 31.8. The van der Waals surface area contributed by atoms with E-state index in [-0.39, 0.29) is 6.71 Å². The maximum absolute atomic E-state index is 6.74. The Morgan fingerprint density at radius 3 is 1.88 bits per heavy atom. The molecule has 10 rings (SSSR count). The third kappa shape index (κ3) is 4.14. The number of thiophene rings is 1. The first-order valence-corrected chi connectivity index (χ1v) is 17.1. The summed E-state index contributed by atoms with van der Waals surface area (Å²) >= 11 is 1.86. The summed E-state index contributed by atoms with van der Waals surface area (Å²) in [5.74, 6) is 3.41. The molecule has 5 heteroatoms. The second-order valence-electron chi connectivity index (χ2n) is 12.5. The first kappa shape index (κ1) is 27.3. The van der Waals surface area contributed by atoms with Crippen LogP contribution in [0.15, 0.2) is 152 Å². The number of fused-ring (bicyclic) bond motifs is 7. The van der Waals surface area contributed by atoms with Gasteiger partial charge in [-0.05, 0) is 59.8 Å². The Morgan fingerprint density at radius 1 is 0.542 bits per heavy atom. The number of para-hydroxylation sites is 2. The van der Waals surface area contributed by atoms with Crippen LogP contribution in [0.25, 0.3) is 31.3 Å². The molecule has 2 aliphatic heterocycles. The number of benzene rings is 7. The van der Waals surface area contributed by atoms with Gasteiger partial charge in [0.05, 0.1) is 11.4 Å². The van der Waals surface area contributed by atoms with Gasteiger partial charge < -0.3 is 14.4 Å². The first-order chi connectivity index (χ1) is 23.7. The Kier molecular flexibility index (Phi) is 6.05. The summed E-state index contributed by atoms with van der Waals surface area (Å²) in [6, 6.07) is 54.0. The van der Waals surface area contributed by atoms with Crippen LogP contribution in [0.5, 0.6) is 23.0 Å². The van der Waals surface area contributed by atoms with Crippen molar-refractivity contribution in [2.24, 2.45) is 0 Å². The van der Waals surface area contributed by atoms with Crippen molar-refractivity contribution < 1.29 is 9.47 Å². The highest BCUT2D eigenvalue weighted by Crippen LogP contribution is 2.50. The van der Waals surface area contributed by atoms with E-state index >= 15 is 0 Å². The molecule has 0 amide bonds. The number of ether oxygens (including phenoxy) is 2. The number of nitrogens with zero attached hydrogens (tertiary/aromatic N) is 1. The Hall–Kier alpha value is -5.78. The maximum Gasteiger partial charge on any atom is 0.260 e. The normalized spacial score (nSPS) is 12.6. The monoisotopic (exact) mass is 633 g/mol. The van der Waals surface area contributed by atoms with Crippen molar-refractivity contribution >= 4 is 71.7 Å². The molecule has 3 heterocycles. The lowest BCUT2D eigenvalue weighted by molar-refractivity contribution is 0.465. The largest absolute Gasteiger partial charge is 0.458 e. The second kappa shape index (κ2) is 10.6. The van der Waals surface area contributed by atoms with E-state index in [0.717, 1.165) is 56.4 Å². The molecule has 0 N–H and O–H groups in total. The van der Waals surface area contributed by atoms with E-state index in [1.165, 1.54) is 36.9 Å². The first-order valence-electron chi connectivity index (χ1n) is 16.3. The Bertz CT molecular complexity index is 2470. The Morgan fingerprint density at radius 2 is 1.17 bits per heavy atom. The summed E-state index contributed by atoms with van der Waals surface area (Å²) in [4.78, 5) is 2.37. The SMILES string of the molecule is Cc1ccc(N(c2cc3c4c(c2)Oc2ccccc2B4c2ccccc2O3)c2ccc3c(sc4ccccc43)c2-c2ccccc2)cc1. The van der Waals surface area contributed by atoms with E-state index in [2.05, 4.69) is 151 Å². The van der Waals surface area contributed by atoms with E-state index in [1.54, 1.807) is 0 Å². The highest BCUT2D eigenvalue weighted by Gasteiger charge is 2.40. The van der Waals surface area contributed by atoms with Gasteiger partial charge in [0.2, 0.25) is 0 Å². The fraction of sp³-hybridized carbons (Fsp3) is 0.0233. The van der Waals surface area contributed by atoms with Crippen LogP contribution in [0.4, 0.5) is 17.1 Å². The number of anilines is 3.